The van der Waals surface area contributed by atoms with E-state index in [-0.39, 0.29) is 24.0 Å². The molecule has 0 saturated carbocycles. The predicted octanol–water partition coefficient (Wildman–Crippen LogP) is -1.17. The predicted molar refractivity (Wildman–Crippen MR) is 60.6 cm³/mol. The van der Waals surface area contributed by atoms with Gasteiger partial charge in [0.2, 0.25) is 5.04 Å². The van der Waals surface area contributed by atoms with Crippen molar-refractivity contribution >= 4 is 16.8 Å². The number of ether oxygens (including phenoxy) is 1. The monoisotopic (exact) mass is 335 g/mol. The van der Waals surface area contributed by atoms with Crippen LogP contribution in [0.1, 0.15) is 5.56 Å². The number of thioether (sulfide) groups is 1. The Balaban J connectivity index is 0.00000112. The van der Waals surface area contributed by atoms with Gasteiger partial charge in [-0.1, -0.05) is 11.8 Å². The van der Waals surface area contributed by atoms with Crippen LogP contribution in [0.15, 0.2) is 24.3 Å². The van der Waals surface area contributed by atoms with Gasteiger partial charge in [0.15, 0.2) is 6.54 Å². The van der Waals surface area contributed by atoms with E-state index in [0.717, 1.165) is 12.3 Å². The van der Waals surface area contributed by atoms with Crippen LogP contribution in [0.25, 0.3) is 0 Å². The van der Waals surface area contributed by atoms with Gasteiger partial charge in [-0.25, -0.2) is 4.58 Å². The highest BCUT2D eigenvalue weighted by Gasteiger charge is 2.21. The van der Waals surface area contributed by atoms with E-state index in [2.05, 4.69) is 23.8 Å². The van der Waals surface area contributed by atoms with Crippen LogP contribution in [-0.2, 0) is 0 Å². The molecule has 2 nitrogen and oxygen atoms in total. The number of hydrogen-bond acceptors (Lipinski definition) is 2. The molecular weight excluding hydrogens is 321 g/mol. The second-order valence-corrected chi connectivity index (χ2v) is 4.39. The molecule has 2 rings (SSSR count). The van der Waals surface area contributed by atoms with Gasteiger partial charge in [-0.2, -0.15) is 0 Å². The first-order chi connectivity index (χ1) is 6.81. The first-order valence-corrected chi connectivity index (χ1v) is 5.65. The third-order valence-electron chi connectivity index (χ3n) is 2.35. The molecular formula is C11H14INOS. The van der Waals surface area contributed by atoms with E-state index in [1.54, 1.807) is 7.11 Å². The average molecular weight is 335 g/mol. The molecule has 0 aliphatic carbocycles. The van der Waals surface area contributed by atoms with Crippen molar-refractivity contribution in [2.75, 3.05) is 26.5 Å². The van der Waals surface area contributed by atoms with E-state index in [1.165, 1.54) is 16.4 Å². The lowest BCUT2D eigenvalue weighted by molar-refractivity contribution is -0.485. The van der Waals surface area contributed by atoms with Crippen molar-refractivity contribution in [3.63, 3.8) is 0 Å². The molecule has 0 radical (unpaired) electrons. The minimum absolute atomic E-state index is 0. The van der Waals surface area contributed by atoms with Gasteiger partial charge >= 0.3 is 0 Å². The molecule has 4 heteroatoms. The van der Waals surface area contributed by atoms with Crippen LogP contribution < -0.4 is 28.7 Å². The van der Waals surface area contributed by atoms with Crippen molar-refractivity contribution in [2.24, 2.45) is 0 Å². The van der Waals surface area contributed by atoms with Gasteiger partial charge in [-0.15, -0.1) is 0 Å². The molecule has 1 aliphatic heterocycles. The van der Waals surface area contributed by atoms with Crippen LogP contribution in [-0.4, -0.2) is 36.1 Å². The highest BCUT2D eigenvalue weighted by molar-refractivity contribution is 8.14. The molecule has 0 aromatic heterocycles. The van der Waals surface area contributed by atoms with Crippen molar-refractivity contribution in [2.45, 2.75) is 0 Å². The lowest BCUT2D eigenvalue weighted by atomic mass is 10.2. The Bertz CT molecular complexity index is 361. The van der Waals surface area contributed by atoms with Crippen LogP contribution in [0, 0.1) is 0 Å². The molecule has 0 saturated heterocycles. The van der Waals surface area contributed by atoms with E-state index >= 15 is 0 Å². The molecule has 0 unspecified atom stereocenters. The molecule has 82 valence electrons. The number of benzene rings is 1. The van der Waals surface area contributed by atoms with Gasteiger partial charge in [0.25, 0.3) is 0 Å². The van der Waals surface area contributed by atoms with Crippen LogP contribution >= 0.6 is 11.8 Å². The third-order valence-corrected chi connectivity index (χ3v) is 3.56. The maximum Gasteiger partial charge on any atom is 0.242 e. The Labute approximate surface area is 112 Å². The van der Waals surface area contributed by atoms with Crippen molar-refractivity contribution < 1.29 is 33.3 Å². The summed E-state index contributed by atoms with van der Waals surface area (Å²) in [6.07, 6.45) is 0. The van der Waals surface area contributed by atoms with Crippen molar-refractivity contribution in [1.29, 1.82) is 0 Å². The highest BCUT2D eigenvalue weighted by atomic mass is 127. The summed E-state index contributed by atoms with van der Waals surface area (Å²) >= 11 is 1.92. The Kier molecular flexibility index (Phi) is 4.92. The molecule has 0 spiro atoms. The number of methoxy groups -OCH3 is 1. The summed E-state index contributed by atoms with van der Waals surface area (Å²) in [4.78, 5) is 0. The van der Waals surface area contributed by atoms with Crippen molar-refractivity contribution in [1.82, 2.24) is 0 Å². The van der Waals surface area contributed by atoms with E-state index in [9.17, 15) is 0 Å². The zero-order valence-electron chi connectivity index (χ0n) is 8.87. The summed E-state index contributed by atoms with van der Waals surface area (Å²) in [5, 5.41) is 1.37. The summed E-state index contributed by atoms with van der Waals surface area (Å²) in [6, 6.07) is 8.25. The van der Waals surface area contributed by atoms with Crippen LogP contribution in [0.4, 0.5) is 0 Å². The fraction of sp³-hybridized carbons (Fsp3) is 0.364. The Hall–Kier alpha value is -0.230. The molecule has 0 amide bonds. The van der Waals surface area contributed by atoms with Crippen molar-refractivity contribution in [3.8, 4) is 5.75 Å². The van der Waals surface area contributed by atoms with E-state index in [1.807, 2.05) is 23.9 Å². The summed E-state index contributed by atoms with van der Waals surface area (Å²) in [5.74, 6) is 2.11. The first-order valence-electron chi connectivity index (χ1n) is 4.66. The van der Waals surface area contributed by atoms with E-state index < -0.39 is 0 Å². The molecule has 15 heavy (non-hydrogen) atoms. The largest absolute Gasteiger partial charge is 1.00 e. The molecule has 0 N–H and O–H groups in total. The highest BCUT2D eigenvalue weighted by Crippen LogP contribution is 2.20. The quantitative estimate of drug-likeness (QED) is 0.499. The second kappa shape index (κ2) is 5.75. The third kappa shape index (κ3) is 2.87. The van der Waals surface area contributed by atoms with Gasteiger partial charge in [-0.3, -0.25) is 0 Å². The second-order valence-electron chi connectivity index (χ2n) is 3.30. The van der Waals surface area contributed by atoms with Crippen LogP contribution in [0.5, 0.6) is 5.75 Å². The minimum Gasteiger partial charge on any atom is -1.00 e. The smallest absolute Gasteiger partial charge is 0.242 e. The van der Waals surface area contributed by atoms with Gasteiger partial charge in [-0.05, 0) is 24.3 Å². The number of rotatable bonds is 2. The standard InChI is InChI=1S/C11H14NOS.HI/c1-12-7-8-14-11(12)9-3-5-10(13-2)6-4-9;/h3-6H,7-8H2,1-2H3;1H/q+1;/p-1. The Morgan fingerprint density at radius 1 is 1.27 bits per heavy atom. The molecule has 0 fully saturated rings. The van der Waals surface area contributed by atoms with Crippen LogP contribution in [0.3, 0.4) is 0 Å². The molecule has 1 heterocycles. The topological polar surface area (TPSA) is 12.2 Å². The molecule has 1 aliphatic rings. The average Bonchev–Trinajstić information content (AvgIpc) is 2.65. The zero-order valence-corrected chi connectivity index (χ0v) is 11.8. The summed E-state index contributed by atoms with van der Waals surface area (Å²) in [6.45, 7) is 1.14. The first kappa shape index (κ1) is 12.8. The number of halogens is 1. The summed E-state index contributed by atoms with van der Waals surface area (Å²) < 4.78 is 7.43. The maximum atomic E-state index is 5.13. The van der Waals surface area contributed by atoms with E-state index in [4.69, 9.17) is 4.74 Å². The van der Waals surface area contributed by atoms with Gasteiger partial charge in [0.05, 0.1) is 18.4 Å². The van der Waals surface area contributed by atoms with Gasteiger partial charge < -0.3 is 28.7 Å². The number of hydrogen-bond donors (Lipinski definition) is 0. The summed E-state index contributed by atoms with van der Waals surface area (Å²) in [7, 11) is 3.83. The fourth-order valence-corrected chi connectivity index (χ4v) is 2.70. The Morgan fingerprint density at radius 2 is 1.93 bits per heavy atom. The molecule has 1 aromatic rings. The lowest BCUT2D eigenvalue weighted by Gasteiger charge is -2.00. The maximum absolute atomic E-state index is 5.13. The zero-order chi connectivity index (χ0) is 9.97. The fourth-order valence-electron chi connectivity index (χ4n) is 1.53. The minimum atomic E-state index is 0. The number of nitrogens with zero attached hydrogens (tertiary/aromatic N) is 1. The SMILES string of the molecule is COc1ccc(C2=[N+](C)CCS2)cc1.[I-]. The molecule has 1 aromatic carbocycles. The van der Waals surface area contributed by atoms with Gasteiger partial charge in [0.1, 0.15) is 12.8 Å². The molecule has 0 atom stereocenters. The summed E-state index contributed by atoms with van der Waals surface area (Å²) in [5.41, 5.74) is 1.29. The van der Waals surface area contributed by atoms with Crippen molar-refractivity contribution in [3.05, 3.63) is 29.8 Å². The van der Waals surface area contributed by atoms with Gasteiger partial charge in [0, 0.05) is 0 Å². The van der Waals surface area contributed by atoms with Crippen LogP contribution in [0.2, 0.25) is 0 Å². The Morgan fingerprint density at radius 3 is 2.40 bits per heavy atom. The molecule has 0 bridgehead atoms. The normalized spacial score (nSPS) is 15.1. The lowest BCUT2D eigenvalue weighted by Crippen LogP contribution is -3.00. The van der Waals surface area contributed by atoms with E-state index in [0.29, 0.717) is 0 Å².